The first-order valence-electron chi connectivity index (χ1n) is 5.16. The topological polar surface area (TPSA) is 55.8 Å². The van der Waals surface area contributed by atoms with Gasteiger partial charge in [0.05, 0.1) is 17.8 Å². The van der Waals surface area contributed by atoms with Crippen LogP contribution in [0.15, 0.2) is 11.8 Å². The van der Waals surface area contributed by atoms with Crippen molar-refractivity contribution in [3.63, 3.8) is 0 Å². The van der Waals surface area contributed by atoms with E-state index in [0.717, 1.165) is 12.7 Å². The van der Waals surface area contributed by atoms with Crippen LogP contribution in [0.5, 0.6) is 0 Å². The van der Waals surface area contributed by atoms with Crippen LogP contribution in [0.2, 0.25) is 0 Å². The zero-order valence-electron chi connectivity index (χ0n) is 8.97. The van der Waals surface area contributed by atoms with Crippen molar-refractivity contribution in [2.24, 2.45) is 11.8 Å². The minimum atomic E-state index is -0.812. The molecule has 1 fully saturated rings. The molecule has 0 aromatic heterocycles. The van der Waals surface area contributed by atoms with Crippen molar-refractivity contribution in [3.05, 3.63) is 11.8 Å². The maximum Gasteiger partial charge on any atom is 0.204 e. The second kappa shape index (κ2) is 3.61. The van der Waals surface area contributed by atoms with Crippen molar-refractivity contribution in [2.75, 3.05) is 7.11 Å². The van der Waals surface area contributed by atoms with Crippen molar-refractivity contribution in [1.29, 1.82) is 0 Å². The number of rotatable bonds is 2. The van der Waals surface area contributed by atoms with Crippen molar-refractivity contribution in [2.45, 2.75) is 31.7 Å². The zero-order valence-corrected chi connectivity index (χ0v) is 8.97. The van der Waals surface area contributed by atoms with E-state index in [1.807, 2.05) is 0 Å². The van der Waals surface area contributed by atoms with Gasteiger partial charge in [-0.2, -0.15) is 0 Å². The molecule has 0 radical (unpaired) electrons. The minimum absolute atomic E-state index is 0.0659. The van der Waals surface area contributed by atoms with Gasteiger partial charge < -0.3 is 14.6 Å². The molecular weight excluding hydrogens is 196 g/mol. The second-order valence-corrected chi connectivity index (χ2v) is 4.50. The van der Waals surface area contributed by atoms with Crippen molar-refractivity contribution < 1.29 is 19.4 Å². The summed E-state index contributed by atoms with van der Waals surface area (Å²) < 4.78 is 10.5. The summed E-state index contributed by atoms with van der Waals surface area (Å²) in [6, 6.07) is 0. The van der Waals surface area contributed by atoms with Gasteiger partial charge in [-0.25, -0.2) is 0 Å². The highest BCUT2D eigenvalue weighted by molar-refractivity contribution is 5.74. The lowest BCUT2D eigenvalue weighted by Crippen LogP contribution is -2.44. The van der Waals surface area contributed by atoms with Crippen LogP contribution in [-0.4, -0.2) is 30.4 Å². The van der Waals surface area contributed by atoms with Gasteiger partial charge in [-0.3, -0.25) is 4.79 Å². The van der Waals surface area contributed by atoms with Crippen LogP contribution in [0.1, 0.15) is 19.8 Å². The van der Waals surface area contributed by atoms with E-state index in [4.69, 9.17) is 9.47 Å². The number of aliphatic hydroxyl groups is 1. The van der Waals surface area contributed by atoms with Crippen LogP contribution in [0.4, 0.5) is 0 Å². The molecule has 4 atom stereocenters. The summed E-state index contributed by atoms with van der Waals surface area (Å²) >= 11 is 0. The largest absolute Gasteiger partial charge is 0.472 e. The van der Waals surface area contributed by atoms with Gasteiger partial charge in [-0.05, 0) is 19.8 Å². The molecule has 0 aromatic rings. The molecule has 84 valence electrons. The molecule has 0 spiro atoms. The Morgan fingerprint density at radius 2 is 2.47 bits per heavy atom. The van der Waals surface area contributed by atoms with Crippen LogP contribution in [0, 0.1) is 11.8 Å². The third-order valence-electron chi connectivity index (χ3n) is 3.54. The molecule has 0 amide bonds. The van der Waals surface area contributed by atoms with Gasteiger partial charge >= 0.3 is 0 Å². The molecule has 4 heteroatoms. The summed E-state index contributed by atoms with van der Waals surface area (Å²) in [6.07, 6.45) is 3.31. The Morgan fingerprint density at radius 1 is 1.73 bits per heavy atom. The molecule has 0 saturated heterocycles. The van der Waals surface area contributed by atoms with Gasteiger partial charge in [0.2, 0.25) is 6.29 Å². The first-order valence-corrected chi connectivity index (χ1v) is 5.16. The van der Waals surface area contributed by atoms with Gasteiger partial charge in [0.25, 0.3) is 0 Å². The highest BCUT2D eigenvalue weighted by Gasteiger charge is 2.52. The fraction of sp³-hybridized carbons (Fsp3) is 0.727. The highest BCUT2D eigenvalue weighted by Crippen LogP contribution is 2.48. The number of ether oxygens (including phenoxy) is 2. The molecule has 2 rings (SSSR count). The lowest BCUT2D eigenvalue weighted by molar-refractivity contribution is -0.178. The molecule has 1 aliphatic heterocycles. The van der Waals surface area contributed by atoms with E-state index in [0.29, 0.717) is 12.0 Å². The Labute approximate surface area is 88.9 Å². The first-order chi connectivity index (χ1) is 7.10. The third-order valence-corrected chi connectivity index (χ3v) is 3.54. The Balaban J connectivity index is 2.32. The van der Waals surface area contributed by atoms with Crippen LogP contribution >= 0.6 is 0 Å². The Bertz CT molecular complexity index is 295. The molecule has 4 unspecified atom stereocenters. The van der Waals surface area contributed by atoms with E-state index in [2.05, 4.69) is 0 Å². The van der Waals surface area contributed by atoms with Gasteiger partial charge in [0.1, 0.15) is 6.29 Å². The SMILES string of the molecule is COC1OC=C(C=O)C2CCC(C)(O)C12. The van der Waals surface area contributed by atoms with Crippen molar-refractivity contribution in [3.8, 4) is 0 Å². The predicted octanol–water partition coefficient (Wildman–Crippen LogP) is 0.849. The Hall–Kier alpha value is -0.870. The van der Waals surface area contributed by atoms with Crippen LogP contribution in [0.3, 0.4) is 0 Å². The number of aldehydes is 1. The lowest BCUT2D eigenvalue weighted by atomic mass is 9.82. The van der Waals surface area contributed by atoms with E-state index in [1.165, 1.54) is 6.26 Å². The molecule has 1 saturated carbocycles. The lowest BCUT2D eigenvalue weighted by Gasteiger charge is -2.37. The van der Waals surface area contributed by atoms with Crippen LogP contribution in [0.25, 0.3) is 0 Å². The molecule has 0 aromatic carbocycles. The molecule has 15 heavy (non-hydrogen) atoms. The third kappa shape index (κ3) is 1.58. The molecule has 2 aliphatic rings. The molecule has 1 heterocycles. The van der Waals surface area contributed by atoms with Crippen molar-refractivity contribution in [1.82, 2.24) is 0 Å². The number of allylic oxidation sites excluding steroid dienone is 1. The van der Waals surface area contributed by atoms with E-state index in [1.54, 1.807) is 14.0 Å². The van der Waals surface area contributed by atoms with E-state index < -0.39 is 11.9 Å². The Kier molecular flexibility index (Phi) is 2.56. The van der Waals surface area contributed by atoms with Gasteiger partial charge in [-0.1, -0.05) is 0 Å². The summed E-state index contributed by atoms with van der Waals surface area (Å²) in [6.45, 7) is 1.78. The second-order valence-electron chi connectivity index (χ2n) is 4.50. The maximum absolute atomic E-state index is 10.8. The van der Waals surface area contributed by atoms with E-state index >= 15 is 0 Å². The molecule has 4 nitrogen and oxygen atoms in total. The van der Waals surface area contributed by atoms with Crippen molar-refractivity contribution >= 4 is 6.29 Å². The molecular formula is C11H16O4. The normalized spacial score (nSPS) is 44.2. The summed E-state index contributed by atoms with van der Waals surface area (Å²) in [5.41, 5.74) is -0.181. The average molecular weight is 212 g/mol. The Morgan fingerprint density at radius 3 is 3.07 bits per heavy atom. The number of hydrogen-bond donors (Lipinski definition) is 1. The summed E-state index contributed by atoms with van der Waals surface area (Å²) in [7, 11) is 1.55. The fourth-order valence-corrected chi connectivity index (χ4v) is 2.72. The van der Waals surface area contributed by atoms with E-state index in [9.17, 15) is 9.90 Å². The van der Waals surface area contributed by atoms with Gasteiger partial charge in [0.15, 0.2) is 0 Å². The van der Waals surface area contributed by atoms with Gasteiger partial charge in [0, 0.05) is 18.6 Å². The molecule has 0 bridgehead atoms. The minimum Gasteiger partial charge on any atom is -0.472 e. The van der Waals surface area contributed by atoms with Gasteiger partial charge in [-0.15, -0.1) is 0 Å². The highest BCUT2D eigenvalue weighted by atomic mass is 16.7. The number of carbonyl (C=O) groups is 1. The summed E-state index contributed by atoms with van der Waals surface area (Å²) in [4.78, 5) is 10.8. The zero-order chi connectivity index (χ0) is 11.1. The smallest absolute Gasteiger partial charge is 0.204 e. The standard InChI is InChI=1S/C11H16O4/c1-11(13)4-3-8-7(5-12)6-15-10(14-2)9(8)11/h5-6,8-10,13H,3-4H2,1-2H3. The monoisotopic (exact) mass is 212 g/mol. The predicted molar refractivity (Wildman–Crippen MR) is 52.9 cm³/mol. The van der Waals surface area contributed by atoms with Crippen LogP contribution in [-0.2, 0) is 14.3 Å². The summed E-state index contributed by atoms with van der Waals surface area (Å²) in [5, 5.41) is 10.2. The number of methoxy groups -OCH3 is 1. The fourth-order valence-electron chi connectivity index (χ4n) is 2.72. The summed E-state index contributed by atoms with van der Waals surface area (Å²) in [5.74, 6) is -0.0797. The number of fused-ring (bicyclic) bond motifs is 1. The average Bonchev–Trinajstić information content (AvgIpc) is 2.55. The maximum atomic E-state index is 10.8. The first kappa shape index (κ1) is 10.6. The number of carbonyl (C=O) groups excluding carboxylic acids is 1. The molecule has 1 aliphatic carbocycles. The van der Waals surface area contributed by atoms with Crippen LogP contribution < -0.4 is 0 Å². The number of hydrogen-bond acceptors (Lipinski definition) is 4. The van der Waals surface area contributed by atoms with E-state index in [-0.39, 0.29) is 11.8 Å². The quantitative estimate of drug-likeness (QED) is 0.689. The molecule has 1 N–H and O–H groups in total.